The van der Waals surface area contributed by atoms with Crippen molar-refractivity contribution in [1.82, 2.24) is 5.32 Å². The molecular weight excluding hydrogens is 341 g/mol. The van der Waals surface area contributed by atoms with Crippen molar-refractivity contribution in [3.8, 4) is 0 Å². The van der Waals surface area contributed by atoms with E-state index in [1.807, 2.05) is 30.3 Å². The van der Waals surface area contributed by atoms with Crippen LogP contribution in [0.2, 0.25) is 0 Å². The molecule has 2 aromatic carbocycles. The van der Waals surface area contributed by atoms with Gasteiger partial charge in [0.2, 0.25) is 0 Å². The van der Waals surface area contributed by atoms with Gasteiger partial charge in [-0.3, -0.25) is 4.79 Å². The molecule has 26 heavy (non-hydrogen) atoms. The molecule has 2 atom stereocenters. The largest absolute Gasteiger partial charge is 0.445 e. The molecule has 0 radical (unpaired) electrons. The Balaban J connectivity index is 1.78. The summed E-state index contributed by atoms with van der Waals surface area (Å²) in [6, 6.07) is 12.5. The van der Waals surface area contributed by atoms with Crippen molar-refractivity contribution >= 4 is 12.4 Å². The summed E-state index contributed by atoms with van der Waals surface area (Å²) < 4.78 is 18.1. The van der Waals surface area contributed by atoms with Crippen LogP contribution in [-0.4, -0.2) is 35.2 Å². The molecule has 0 aliphatic heterocycles. The quantitative estimate of drug-likeness (QED) is 0.627. The highest BCUT2D eigenvalue weighted by molar-refractivity contribution is 5.77. The summed E-state index contributed by atoms with van der Waals surface area (Å²) in [4.78, 5) is 22.6. The van der Waals surface area contributed by atoms with Gasteiger partial charge in [0.05, 0.1) is 6.10 Å². The van der Waals surface area contributed by atoms with E-state index in [0.29, 0.717) is 6.29 Å². The molecular formula is C19H20FNO5. The van der Waals surface area contributed by atoms with Crippen LogP contribution < -0.4 is 5.32 Å². The molecule has 3 N–H and O–H groups in total. The first-order chi connectivity index (χ1) is 12.5. The number of aliphatic hydroxyl groups is 2. The highest BCUT2D eigenvalue weighted by atomic mass is 19.1. The topological polar surface area (TPSA) is 95.9 Å². The van der Waals surface area contributed by atoms with Crippen molar-refractivity contribution in [2.24, 2.45) is 0 Å². The number of aldehydes is 1. The van der Waals surface area contributed by atoms with Gasteiger partial charge in [0.25, 0.3) is 0 Å². The average Bonchev–Trinajstić information content (AvgIpc) is 2.66. The normalized spacial score (nSPS) is 12.9. The monoisotopic (exact) mass is 361 g/mol. The lowest BCUT2D eigenvalue weighted by molar-refractivity contribution is 0.0133. The standard InChI is InChI=1S/C19H20FNO5/c20-15-6-7-16(14(10-15)11-22)18(24)17(23)8-9-21-19(25)26-12-13-4-2-1-3-5-13/h1-7,10-11,17-18,23-24H,8-9,12H2,(H,21,25). The van der Waals surface area contributed by atoms with E-state index in [-0.39, 0.29) is 30.7 Å². The van der Waals surface area contributed by atoms with Crippen LogP contribution in [0.4, 0.5) is 9.18 Å². The molecule has 7 heteroatoms. The molecule has 138 valence electrons. The predicted molar refractivity (Wildman–Crippen MR) is 92.0 cm³/mol. The van der Waals surface area contributed by atoms with Gasteiger partial charge >= 0.3 is 6.09 Å². The van der Waals surface area contributed by atoms with E-state index in [9.17, 15) is 24.2 Å². The van der Waals surface area contributed by atoms with Crippen LogP contribution in [0.1, 0.15) is 34.0 Å². The summed E-state index contributed by atoms with van der Waals surface area (Å²) in [7, 11) is 0. The summed E-state index contributed by atoms with van der Waals surface area (Å²) in [5.74, 6) is -0.611. The van der Waals surface area contributed by atoms with E-state index in [2.05, 4.69) is 5.32 Å². The second kappa shape index (κ2) is 9.65. The van der Waals surface area contributed by atoms with E-state index in [1.165, 1.54) is 6.07 Å². The third-order valence-corrected chi connectivity index (χ3v) is 3.78. The van der Waals surface area contributed by atoms with Crippen molar-refractivity contribution in [1.29, 1.82) is 0 Å². The molecule has 0 aliphatic rings. The first-order valence-electron chi connectivity index (χ1n) is 8.06. The number of alkyl carbamates (subject to hydrolysis) is 1. The second-order valence-electron chi connectivity index (χ2n) is 5.68. The van der Waals surface area contributed by atoms with Gasteiger partial charge in [0.15, 0.2) is 6.29 Å². The Bertz CT molecular complexity index is 738. The molecule has 2 unspecified atom stereocenters. The summed E-state index contributed by atoms with van der Waals surface area (Å²) in [5.41, 5.74) is 0.933. The molecule has 0 fully saturated rings. The fourth-order valence-corrected chi connectivity index (χ4v) is 2.38. The number of ether oxygens (including phenoxy) is 1. The van der Waals surface area contributed by atoms with Crippen LogP contribution in [0.15, 0.2) is 48.5 Å². The fourth-order valence-electron chi connectivity index (χ4n) is 2.38. The molecule has 0 aliphatic carbocycles. The molecule has 0 spiro atoms. The number of amides is 1. The Morgan fingerprint density at radius 1 is 1.19 bits per heavy atom. The average molecular weight is 361 g/mol. The molecule has 6 nitrogen and oxygen atoms in total. The number of benzene rings is 2. The Kier molecular flexibility index (Phi) is 7.25. The van der Waals surface area contributed by atoms with Gasteiger partial charge in [0.1, 0.15) is 18.5 Å². The summed E-state index contributed by atoms with van der Waals surface area (Å²) in [5, 5.41) is 22.6. The molecule has 0 saturated heterocycles. The van der Waals surface area contributed by atoms with Crippen LogP contribution in [0.3, 0.4) is 0 Å². The number of aliphatic hydroxyl groups excluding tert-OH is 2. The zero-order valence-electron chi connectivity index (χ0n) is 14.0. The van der Waals surface area contributed by atoms with E-state index in [0.717, 1.165) is 17.7 Å². The number of hydrogen-bond donors (Lipinski definition) is 3. The zero-order chi connectivity index (χ0) is 18.9. The van der Waals surface area contributed by atoms with Crippen molar-refractivity contribution in [2.45, 2.75) is 25.2 Å². The number of carbonyl (C=O) groups is 2. The van der Waals surface area contributed by atoms with Crippen LogP contribution in [0.25, 0.3) is 0 Å². The smallest absolute Gasteiger partial charge is 0.407 e. The third kappa shape index (κ3) is 5.65. The summed E-state index contributed by atoms with van der Waals surface area (Å²) in [6.45, 7) is 0.180. The Labute approximate surface area is 150 Å². The molecule has 0 saturated carbocycles. The summed E-state index contributed by atoms with van der Waals surface area (Å²) in [6.07, 6.45) is -2.83. The molecule has 2 rings (SSSR count). The van der Waals surface area contributed by atoms with Crippen LogP contribution in [0.5, 0.6) is 0 Å². The van der Waals surface area contributed by atoms with Gasteiger partial charge in [-0.1, -0.05) is 36.4 Å². The maximum atomic E-state index is 13.1. The first kappa shape index (κ1) is 19.6. The highest BCUT2D eigenvalue weighted by Gasteiger charge is 2.21. The zero-order valence-corrected chi connectivity index (χ0v) is 14.0. The van der Waals surface area contributed by atoms with Gasteiger partial charge in [-0.25, -0.2) is 9.18 Å². The van der Waals surface area contributed by atoms with E-state index in [1.54, 1.807) is 0 Å². The van der Waals surface area contributed by atoms with Crippen molar-refractivity contribution in [2.75, 3.05) is 6.54 Å². The number of hydrogen-bond acceptors (Lipinski definition) is 5. The van der Waals surface area contributed by atoms with Gasteiger partial charge < -0.3 is 20.3 Å². The first-order valence-corrected chi connectivity index (χ1v) is 8.06. The third-order valence-electron chi connectivity index (χ3n) is 3.78. The van der Waals surface area contributed by atoms with Gasteiger partial charge in [-0.15, -0.1) is 0 Å². The number of nitrogens with one attached hydrogen (secondary N) is 1. The SMILES string of the molecule is O=Cc1cc(F)ccc1C(O)C(O)CCNC(=O)OCc1ccccc1. The number of carbonyl (C=O) groups excluding carboxylic acids is 2. The lowest BCUT2D eigenvalue weighted by Crippen LogP contribution is -2.30. The summed E-state index contributed by atoms with van der Waals surface area (Å²) >= 11 is 0. The Hall–Kier alpha value is -2.77. The van der Waals surface area contributed by atoms with E-state index in [4.69, 9.17) is 4.74 Å². The molecule has 0 heterocycles. The number of rotatable bonds is 8. The van der Waals surface area contributed by atoms with Gasteiger partial charge in [-0.2, -0.15) is 0 Å². The lowest BCUT2D eigenvalue weighted by Gasteiger charge is -2.19. The van der Waals surface area contributed by atoms with Crippen LogP contribution in [0, 0.1) is 5.82 Å². The molecule has 1 amide bonds. The van der Waals surface area contributed by atoms with Crippen molar-refractivity contribution in [3.05, 3.63) is 71.0 Å². The second-order valence-corrected chi connectivity index (χ2v) is 5.68. The van der Waals surface area contributed by atoms with E-state index < -0.39 is 24.1 Å². The van der Waals surface area contributed by atoms with Crippen LogP contribution >= 0.6 is 0 Å². The minimum absolute atomic E-state index is 0.0251. The van der Waals surface area contributed by atoms with E-state index >= 15 is 0 Å². The molecule has 0 bridgehead atoms. The molecule has 0 aromatic heterocycles. The maximum absolute atomic E-state index is 13.1. The molecule has 2 aromatic rings. The van der Waals surface area contributed by atoms with Crippen LogP contribution in [-0.2, 0) is 11.3 Å². The number of halogens is 1. The Morgan fingerprint density at radius 3 is 2.62 bits per heavy atom. The van der Waals surface area contributed by atoms with Crippen molar-refractivity contribution in [3.63, 3.8) is 0 Å². The Morgan fingerprint density at radius 2 is 1.92 bits per heavy atom. The minimum Gasteiger partial charge on any atom is -0.445 e. The van der Waals surface area contributed by atoms with Gasteiger partial charge in [-0.05, 0) is 29.7 Å². The maximum Gasteiger partial charge on any atom is 0.407 e. The van der Waals surface area contributed by atoms with Gasteiger partial charge in [0, 0.05) is 12.1 Å². The minimum atomic E-state index is -1.38. The lowest BCUT2D eigenvalue weighted by atomic mass is 9.97. The van der Waals surface area contributed by atoms with Crippen molar-refractivity contribution < 1.29 is 28.9 Å². The fraction of sp³-hybridized carbons (Fsp3) is 0.263. The predicted octanol–water partition coefficient (Wildman–Crippen LogP) is 2.35. The highest BCUT2D eigenvalue weighted by Crippen LogP contribution is 2.22.